The molecule has 2 aromatic rings. The van der Waals surface area contributed by atoms with Crippen molar-refractivity contribution in [2.75, 3.05) is 0 Å². The van der Waals surface area contributed by atoms with Crippen molar-refractivity contribution in [3.8, 4) is 5.75 Å². The van der Waals surface area contributed by atoms with Gasteiger partial charge < -0.3 is 42.6 Å². The molecule has 14 heteroatoms. The summed E-state index contributed by atoms with van der Waals surface area (Å²) in [6.45, 7) is 3.46. The van der Waals surface area contributed by atoms with Crippen LogP contribution in [0.5, 0.6) is 5.75 Å². The molecule has 0 aliphatic carbocycles. The van der Waals surface area contributed by atoms with Crippen molar-refractivity contribution in [2.24, 2.45) is 17.4 Å². The molecular weight excluding hydrogens is 498 g/mol. The zero-order chi connectivity index (χ0) is 28.4. The summed E-state index contributed by atoms with van der Waals surface area (Å²) < 4.78 is 0. The normalized spacial score (nSPS) is 14.1. The van der Waals surface area contributed by atoms with Crippen LogP contribution < -0.4 is 27.4 Å². The number of aromatic hydroxyl groups is 1. The number of phenolic OH excluding ortho intramolecular Hbond substituents is 1. The summed E-state index contributed by atoms with van der Waals surface area (Å²) in [4.78, 5) is 68.7. The van der Waals surface area contributed by atoms with Crippen molar-refractivity contribution < 1.29 is 34.2 Å². The Bertz CT molecular complexity index is 1120. The van der Waals surface area contributed by atoms with E-state index in [1.165, 1.54) is 24.7 Å². The molecule has 206 valence electrons. The van der Waals surface area contributed by atoms with Gasteiger partial charge in [-0.05, 0) is 23.6 Å². The monoisotopic (exact) mass is 531 g/mol. The molecule has 14 nitrogen and oxygen atoms in total. The van der Waals surface area contributed by atoms with E-state index in [9.17, 15) is 34.2 Å². The van der Waals surface area contributed by atoms with Crippen molar-refractivity contribution in [1.82, 2.24) is 25.9 Å². The average Bonchev–Trinajstić information content (AvgIpc) is 3.36. The Hall–Kier alpha value is -4.46. The van der Waals surface area contributed by atoms with Crippen LogP contribution in [0, 0.1) is 5.92 Å². The lowest BCUT2D eigenvalue weighted by molar-refractivity contribution is -0.142. The van der Waals surface area contributed by atoms with Crippen molar-refractivity contribution in [3.05, 3.63) is 48.0 Å². The van der Waals surface area contributed by atoms with E-state index >= 15 is 0 Å². The summed E-state index contributed by atoms with van der Waals surface area (Å²) in [7, 11) is 0. The smallest absolute Gasteiger partial charge is 0.326 e. The minimum absolute atomic E-state index is 0.00178. The number of aliphatic carboxylic acids is 1. The fourth-order valence-electron chi connectivity index (χ4n) is 3.42. The number of benzene rings is 1. The summed E-state index contributed by atoms with van der Waals surface area (Å²) in [6.07, 6.45) is 1.94. The minimum atomic E-state index is -1.53. The molecule has 0 saturated carbocycles. The van der Waals surface area contributed by atoms with Crippen molar-refractivity contribution >= 4 is 29.6 Å². The largest absolute Gasteiger partial charge is 0.508 e. The second kappa shape index (κ2) is 13.7. The Labute approximate surface area is 218 Å². The van der Waals surface area contributed by atoms with Gasteiger partial charge in [0.05, 0.1) is 18.8 Å². The number of carboxylic acid groups (broad SMARTS) is 1. The van der Waals surface area contributed by atoms with E-state index in [1.807, 2.05) is 0 Å². The molecule has 1 aromatic carbocycles. The molecule has 0 aliphatic rings. The topological polar surface area (TPSA) is 243 Å². The Morgan fingerprint density at radius 3 is 2.03 bits per heavy atom. The molecule has 0 saturated heterocycles. The number of nitrogens with zero attached hydrogens (tertiary/aromatic N) is 1. The zero-order valence-corrected chi connectivity index (χ0v) is 21.0. The molecule has 10 N–H and O–H groups in total. The highest BCUT2D eigenvalue weighted by Crippen LogP contribution is 2.12. The summed E-state index contributed by atoms with van der Waals surface area (Å²) in [5.41, 5.74) is 12.2. The third kappa shape index (κ3) is 9.20. The van der Waals surface area contributed by atoms with Gasteiger partial charge in [0.1, 0.15) is 23.9 Å². The van der Waals surface area contributed by atoms with Gasteiger partial charge in [-0.1, -0.05) is 26.0 Å². The summed E-state index contributed by atoms with van der Waals surface area (Å²) in [6, 6.07) is 0.833. The van der Waals surface area contributed by atoms with Gasteiger partial charge in [0.25, 0.3) is 0 Å². The molecule has 2 rings (SSSR count). The maximum atomic E-state index is 13.2. The van der Waals surface area contributed by atoms with Gasteiger partial charge in [0.15, 0.2) is 0 Å². The number of aromatic nitrogens is 2. The average molecular weight is 532 g/mol. The number of carbonyl (C=O) groups is 5. The molecule has 4 atom stereocenters. The van der Waals surface area contributed by atoms with Crippen LogP contribution >= 0.6 is 0 Å². The minimum Gasteiger partial charge on any atom is -0.508 e. The standard InChI is InChI=1S/C24H33N7O7/c1-12(2)20(26)23(36)30-16(7-13-3-5-15(32)6-4-13)21(34)29-17(9-19(25)33)22(35)31-18(24(37)38)8-14-10-27-11-28-14/h3-6,10-12,16-18,20,32H,7-9,26H2,1-2H3,(H2,25,33)(H,27,28)(H,29,34)(H,30,36)(H,31,35)(H,37,38). The van der Waals surface area contributed by atoms with Crippen LogP contribution in [0.4, 0.5) is 0 Å². The number of nitrogens with one attached hydrogen (secondary N) is 4. The molecule has 1 heterocycles. The summed E-state index contributed by atoms with van der Waals surface area (Å²) >= 11 is 0. The quantitative estimate of drug-likeness (QED) is 0.138. The number of primary amides is 1. The molecule has 1 aromatic heterocycles. The lowest BCUT2D eigenvalue weighted by Gasteiger charge is -2.25. The maximum absolute atomic E-state index is 13.2. The first-order valence-corrected chi connectivity index (χ1v) is 11.8. The number of H-pyrrole nitrogens is 1. The third-order valence-electron chi connectivity index (χ3n) is 5.66. The van der Waals surface area contributed by atoms with Crippen molar-refractivity contribution in [3.63, 3.8) is 0 Å². The lowest BCUT2D eigenvalue weighted by Crippen LogP contribution is -2.58. The summed E-state index contributed by atoms with van der Waals surface area (Å²) in [5.74, 6) is -4.91. The van der Waals surface area contributed by atoms with Gasteiger partial charge >= 0.3 is 5.97 Å². The second-order valence-electron chi connectivity index (χ2n) is 9.11. The number of hydrogen-bond acceptors (Lipinski definition) is 8. The first kappa shape index (κ1) is 29.8. The van der Waals surface area contributed by atoms with Crippen molar-refractivity contribution in [1.29, 1.82) is 0 Å². The molecule has 4 amide bonds. The predicted molar refractivity (Wildman–Crippen MR) is 134 cm³/mol. The fraction of sp³-hybridized carbons (Fsp3) is 0.417. The highest BCUT2D eigenvalue weighted by Gasteiger charge is 2.32. The van der Waals surface area contributed by atoms with E-state index < -0.39 is 60.2 Å². The Kier molecular flexibility index (Phi) is 10.8. The van der Waals surface area contributed by atoms with Crippen LogP contribution in [0.1, 0.15) is 31.5 Å². The number of imidazole rings is 1. The SMILES string of the molecule is CC(C)C(N)C(=O)NC(Cc1ccc(O)cc1)C(=O)NC(CC(N)=O)C(=O)NC(Cc1cnc[nH]1)C(=O)O. The zero-order valence-electron chi connectivity index (χ0n) is 21.0. The summed E-state index contributed by atoms with van der Waals surface area (Å²) in [5, 5.41) is 26.3. The number of hydrogen-bond donors (Lipinski definition) is 8. The fourth-order valence-corrected chi connectivity index (χ4v) is 3.42. The predicted octanol–water partition coefficient (Wildman–Crippen LogP) is -1.70. The Balaban J connectivity index is 2.23. The Morgan fingerprint density at radius 1 is 0.921 bits per heavy atom. The molecule has 38 heavy (non-hydrogen) atoms. The highest BCUT2D eigenvalue weighted by atomic mass is 16.4. The van der Waals surface area contributed by atoms with E-state index in [0.717, 1.165) is 0 Å². The van der Waals surface area contributed by atoms with Crippen LogP contribution in [0.15, 0.2) is 36.8 Å². The van der Waals surface area contributed by atoms with Crippen LogP contribution in [0.25, 0.3) is 0 Å². The van der Waals surface area contributed by atoms with Crippen LogP contribution in [0.2, 0.25) is 0 Å². The van der Waals surface area contributed by atoms with Gasteiger partial charge in [-0.15, -0.1) is 0 Å². The van der Waals surface area contributed by atoms with Gasteiger partial charge in [-0.2, -0.15) is 0 Å². The highest BCUT2D eigenvalue weighted by molar-refractivity contribution is 5.96. The maximum Gasteiger partial charge on any atom is 0.326 e. The third-order valence-corrected chi connectivity index (χ3v) is 5.66. The van der Waals surface area contributed by atoms with E-state index in [4.69, 9.17) is 11.5 Å². The first-order valence-electron chi connectivity index (χ1n) is 11.8. The number of carboxylic acids is 1. The van der Waals surface area contributed by atoms with E-state index in [-0.39, 0.29) is 24.5 Å². The van der Waals surface area contributed by atoms with E-state index in [1.54, 1.807) is 26.0 Å². The van der Waals surface area contributed by atoms with Crippen LogP contribution in [0.3, 0.4) is 0 Å². The van der Waals surface area contributed by atoms with E-state index in [2.05, 4.69) is 25.9 Å². The van der Waals surface area contributed by atoms with E-state index in [0.29, 0.717) is 11.3 Å². The number of phenols is 1. The molecule has 0 bridgehead atoms. The number of carbonyl (C=O) groups excluding carboxylic acids is 4. The second-order valence-corrected chi connectivity index (χ2v) is 9.11. The molecule has 0 spiro atoms. The van der Waals surface area contributed by atoms with Crippen LogP contribution in [-0.4, -0.2) is 73.9 Å². The molecule has 0 radical (unpaired) electrons. The van der Waals surface area contributed by atoms with Gasteiger partial charge in [0, 0.05) is 24.7 Å². The molecule has 4 unspecified atom stereocenters. The van der Waals surface area contributed by atoms with Gasteiger partial charge in [0.2, 0.25) is 23.6 Å². The number of amides is 4. The molecule has 0 fully saturated rings. The molecule has 0 aliphatic heterocycles. The Morgan fingerprint density at radius 2 is 1.50 bits per heavy atom. The van der Waals surface area contributed by atoms with Gasteiger partial charge in [-0.3, -0.25) is 19.2 Å². The number of aromatic amines is 1. The number of rotatable bonds is 14. The van der Waals surface area contributed by atoms with Crippen LogP contribution in [-0.2, 0) is 36.8 Å². The van der Waals surface area contributed by atoms with Gasteiger partial charge in [-0.25, -0.2) is 9.78 Å². The van der Waals surface area contributed by atoms with Crippen molar-refractivity contribution in [2.45, 2.75) is 57.3 Å². The lowest BCUT2D eigenvalue weighted by atomic mass is 10.0. The number of nitrogens with two attached hydrogens (primary N) is 2. The molecular formula is C24H33N7O7. The first-order chi connectivity index (χ1) is 17.9.